The predicted molar refractivity (Wildman–Crippen MR) is 125 cm³/mol. The van der Waals surface area contributed by atoms with Crippen molar-refractivity contribution in [3.8, 4) is 0 Å². The fourth-order valence-corrected chi connectivity index (χ4v) is 5.00. The highest BCUT2D eigenvalue weighted by Crippen LogP contribution is 2.31. The summed E-state index contributed by atoms with van der Waals surface area (Å²) in [7, 11) is 0. The smallest absolute Gasteiger partial charge is 0.217 e. The van der Waals surface area contributed by atoms with Crippen LogP contribution in [0.4, 0.5) is 0 Å². The normalized spacial score (nSPS) is 19.0. The number of likely N-dealkylation sites (tertiary alicyclic amines) is 1. The molecule has 3 atom stereocenters. The maximum absolute atomic E-state index is 11.8. The molecule has 170 valence electrons. The number of nitrogens with zero attached hydrogens (tertiary/aromatic N) is 4. The number of nitrogens with one attached hydrogen (secondary N) is 1. The molecule has 2 heterocycles. The maximum atomic E-state index is 11.8. The summed E-state index contributed by atoms with van der Waals surface area (Å²) in [5.41, 5.74) is 1.18. The molecular weight excluding hydrogens is 386 g/mol. The van der Waals surface area contributed by atoms with Crippen molar-refractivity contribution >= 4 is 5.91 Å². The molecule has 3 rings (SSSR count). The van der Waals surface area contributed by atoms with E-state index in [4.69, 9.17) is 0 Å². The van der Waals surface area contributed by atoms with Gasteiger partial charge in [-0.2, -0.15) is 0 Å². The number of carbonyl (C=O) groups excluding carboxylic acids is 1. The van der Waals surface area contributed by atoms with Gasteiger partial charge in [-0.1, -0.05) is 51.1 Å². The van der Waals surface area contributed by atoms with Crippen molar-refractivity contribution in [1.29, 1.82) is 0 Å². The Balaban J connectivity index is 1.67. The minimum atomic E-state index is 0.0298. The predicted octanol–water partition coefficient (Wildman–Crippen LogP) is 4.78. The Morgan fingerprint density at radius 1 is 1.23 bits per heavy atom. The number of aromatic nitrogens is 3. The van der Waals surface area contributed by atoms with Crippen LogP contribution >= 0.6 is 0 Å². The lowest BCUT2D eigenvalue weighted by molar-refractivity contribution is -0.119. The summed E-state index contributed by atoms with van der Waals surface area (Å²) in [4.78, 5) is 14.4. The number of benzene rings is 1. The van der Waals surface area contributed by atoms with Gasteiger partial charge in [0.15, 0.2) is 0 Å². The summed E-state index contributed by atoms with van der Waals surface area (Å²) in [6.07, 6.45) is 5.63. The highest BCUT2D eigenvalue weighted by Gasteiger charge is 2.29. The first-order chi connectivity index (χ1) is 14.9. The van der Waals surface area contributed by atoms with Gasteiger partial charge in [0.2, 0.25) is 5.91 Å². The Kier molecular flexibility index (Phi) is 8.24. The molecule has 1 amide bonds. The fraction of sp³-hybridized carbons (Fsp3) is 0.640. The second kappa shape index (κ2) is 10.9. The summed E-state index contributed by atoms with van der Waals surface area (Å²) in [5.74, 6) is 2.53. The van der Waals surface area contributed by atoms with E-state index in [1.807, 2.05) is 18.2 Å². The van der Waals surface area contributed by atoms with Crippen LogP contribution in [-0.2, 0) is 4.79 Å². The minimum absolute atomic E-state index is 0.0298. The number of aryl methyl sites for hydroxylation is 1. The average Bonchev–Trinajstić information content (AvgIpc) is 3.35. The Morgan fingerprint density at radius 2 is 1.97 bits per heavy atom. The van der Waals surface area contributed by atoms with E-state index < -0.39 is 0 Å². The number of carbonyl (C=O) groups is 1. The zero-order valence-corrected chi connectivity index (χ0v) is 19.8. The molecule has 1 N–H and O–H groups in total. The standard InChI is InChI=1S/C25H39N5O/c1-6-22(30-19(4)27-28-25(30)18(2)3)17-23-13-10-15-29(23)16-14-24(26-20(5)31)21-11-8-7-9-12-21/h7-9,11-12,18,22-24H,6,10,13-17H2,1-5H3,(H,26,31)/t22?,23?,24-/m0/s1. The molecule has 2 unspecified atom stereocenters. The zero-order chi connectivity index (χ0) is 22.4. The molecule has 6 nitrogen and oxygen atoms in total. The quantitative estimate of drug-likeness (QED) is 0.595. The molecule has 1 fully saturated rings. The second-order valence-electron chi connectivity index (χ2n) is 9.21. The Labute approximate surface area is 187 Å². The molecule has 0 radical (unpaired) electrons. The van der Waals surface area contributed by atoms with Crippen molar-refractivity contribution in [3.63, 3.8) is 0 Å². The van der Waals surface area contributed by atoms with E-state index in [1.54, 1.807) is 6.92 Å². The van der Waals surface area contributed by atoms with Crippen LogP contribution in [0.1, 0.15) is 95.0 Å². The third-order valence-electron chi connectivity index (χ3n) is 6.57. The summed E-state index contributed by atoms with van der Waals surface area (Å²) in [6, 6.07) is 11.4. The van der Waals surface area contributed by atoms with Crippen molar-refractivity contribution in [2.45, 2.75) is 90.8 Å². The average molecular weight is 426 g/mol. The highest BCUT2D eigenvalue weighted by molar-refractivity contribution is 5.73. The zero-order valence-electron chi connectivity index (χ0n) is 19.8. The van der Waals surface area contributed by atoms with Crippen molar-refractivity contribution in [2.24, 2.45) is 0 Å². The third-order valence-corrected chi connectivity index (χ3v) is 6.57. The molecule has 0 spiro atoms. The fourth-order valence-electron chi connectivity index (χ4n) is 5.00. The summed E-state index contributed by atoms with van der Waals surface area (Å²) in [5, 5.41) is 12.0. The van der Waals surface area contributed by atoms with E-state index in [-0.39, 0.29) is 11.9 Å². The Hall–Kier alpha value is -2.21. The monoisotopic (exact) mass is 425 g/mol. The Morgan fingerprint density at radius 3 is 2.61 bits per heavy atom. The van der Waals surface area contributed by atoms with Gasteiger partial charge >= 0.3 is 0 Å². The lowest BCUT2D eigenvalue weighted by atomic mass is 10.00. The molecular formula is C25H39N5O. The lowest BCUT2D eigenvalue weighted by Gasteiger charge is -2.31. The number of hydrogen-bond acceptors (Lipinski definition) is 4. The molecule has 0 bridgehead atoms. The van der Waals surface area contributed by atoms with E-state index in [0.717, 1.165) is 44.0 Å². The largest absolute Gasteiger partial charge is 0.349 e. The van der Waals surface area contributed by atoms with Crippen LogP contribution in [0.25, 0.3) is 0 Å². The van der Waals surface area contributed by atoms with E-state index in [0.29, 0.717) is 18.0 Å². The number of amides is 1. The first-order valence-electron chi connectivity index (χ1n) is 11.9. The van der Waals surface area contributed by atoms with E-state index in [2.05, 4.69) is 64.8 Å². The van der Waals surface area contributed by atoms with Gasteiger partial charge in [-0.3, -0.25) is 4.79 Å². The Bertz CT molecular complexity index is 832. The van der Waals surface area contributed by atoms with Crippen molar-refractivity contribution in [3.05, 3.63) is 47.5 Å². The van der Waals surface area contributed by atoms with Gasteiger partial charge in [-0.25, -0.2) is 0 Å². The van der Waals surface area contributed by atoms with Crippen LogP contribution < -0.4 is 5.32 Å². The summed E-state index contributed by atoms with van der Waals surface area (Å²) >= 11 is 0. The van der Waals surface area contributed by atoms with E-state index in [9.17, 15) is 4.79 Å². The van der Waals surface area contributed by atoms with Gasteiger partial charge in [-0.05, 0) is 51.1 Å². The first-order valence-corrected chi connectivity index (χ1v) is 11.9. The molecule has 1 aromatic heterocycles. The lowest BCUT2D eigenvalue weighted by Crippen LogP contribution is -2.36. The number of rotatable bonds is 10. The molecule has 31 heavy (non-hydrogen) atoms. The van der Waals surface area contributed by atoms with Crippen LogP contribution in [0.3, 0.4) is 0 Å². The van der Waals surface area contributed by atoms with Crippen molar-refractivity contribution < 1.29 is 4.79 Å². The van der Waals surface area contributed by atoms with Crippen LogP contribution in [0.15, 0.2) is 30.3 Å². The molecule has 2 aromatic rings. The van der Waals surface area contributed by atoms with Crippen molar-refractivity contribution in [1.82, 2.24) is 25.0 Å². The van der Waals surface area contributed by atoms with Crippen LogP contribution in [-0.4, -0.2) is 44.7 Å². The van der Waals surface area contributed by atoms with Crippen LogP contribution in [0, 0.1) is 6.92 Å². The van der Waals surface area contributed by atoms with Gasteiger partial charge in [0.1, 0.15) is 11.6 Å². The van der Waals surface area contributed by atoms with Gasteiger partial charge in [-0.15, -0.1) is 10.2 Å². The molecule has 1 aliphatic heterocycles. The second-order valence-corrected chi connectivity index (χ2v) is 9.21. The summed E-state index contributed by atoms with van der Waals surface area (Å²) < 4.78 is 2.38. The highest BCUT2D eigenvalue weighted by atomic mass is 16.1. The van der Waals surface area contributed by atoms with Crippen molar-refractivity contribution in [2.75, 3.05) is 13.1 Å². The first kappa shape index (κ1) is 23.5. The molecule has 1 aromatic carbocycles. The third kappa shape index (κ3) is 5.94. The van der Waals surface area contributed by atoms with Gasteiger partial charge in [0.05, 0.1) is 6.04 Å². The molecule has 0 saturated carbocycles. The van der Waals surface area contributed by atoms with Gasteiger partial charge < -0.3 is 14.8 Å². The number of hydrogen-bond donors (Lipinski definition) is 1. The molecule has 1 saturated heterocycles. The van der Waals surface area contributed by atoms with Crippen LogP contribution in [0.2, 0.25) is 0 Å². The molecule has 0 aliphatic carbocycles. The topological polar surface area (TPSA) is 63.1 Å². The van der Waals surface area contributed by atoms with Gasteiger partial charge in [0, 0.05) is 31.5 Å². The maximum Gasteiger partial charge on any atom is 0.217 e. The van der Waals surface area contributed by atoms with E-state index in [1.165, 1.54) is 18.4 Å². The van der Waals surface area contributed by atoms with Gasteiger partial charge in [0.25, 0.3) is 0 Å². The summed E-state index contributed by atoms with van der Waals surface area (Å²) in [6.45, 7) is 12.5. The van der Waals surface area contributed by atoms with E-state index >= 15 is 0 Å². The van der Waals surface area contributed by atoms with Crippen LogP contribution in [0.5, 0.6) is 0 Å². The minimum Gasteiger partial charge on any atom is -0.349 e. The SMILES string of the molecule is CCC(CC1CCCN1CC[C@H](NC(C)=O)c1ccccc1)n1c(C)nnc1C(C)C. The molecule has 6 heteroatoms. The molecule has 1 aliphatic rings.